The molecule has 0 heterocycles. The van der Waals surface area contributed by atoms with Gasteiger partial charge in [-0.1, -0.05) is 47.1 Å². The van der Waals surface area contributed by atoms with Gasteiger partial charge in [-0.3, -0.25) is 4.79 Å². The van der Waals surface area contributed by atoms with Crippen LogP contribution < -0.4 is 5.32 Å². The van der Waals surface area contributed by atoms with Crippen LogP contribution in [0, 0.1) is 0 Å². The van der Waals surface area contributed by atoms with Crippen molar-refractivity contribution in [3.8, 4) is 0 Å². The summed E-state index contributed by atoms with van der Waals surface area (Å²) in [5.41, 5.74) is 2.78. The molecule has 0 spiro atoms. The number of halogens is 1. The van der Waals surface area contributed by atoms with Crippen LogP contribution in [-0.2, 0) is 11.2 Å². The highest BCUT2D eigenvalue weighted by molar-refractivity contribution is 6.31. The van der Waals surface area contributed by atoms with E-state index in [1.165, 1.54) is 0 Å². The predicted molar refractivity (Wildman–Crippen MR) is 84.2 cm³/mol. The molecule has 2 rings (SSSR count). The highest BCUT2D eigenvalue weighted by Gasteiger charge is 2.07. The number of benzene rings is 2. The number of anilines is 1. The van der Waals surface area contributed by atoms with Crippen LogP contribution in [0.15, 0.2) is 53.7 Å². The number of amides is 1. The van der Waals surface area contributed by atoms with Crippen molar-refractivity contribution < 1.29 is 10.0 Å². The first-order chi connectivity index (χ1) is 10.1. The molecule has 0 saturated carbocycles. The molecule has 0 bridgehead atoms. The summed E-state index contributed by atoms with van der Waals surface area (Å²) >= 11 is 6.03. The molecule has 2 N–H and O–H groups in total. The van der Waals surface area contributed by atoms with Gasteiger partial charge in [0.25, 0.3) is 0 Å². The zero-order chi connectivity index (χ0) is 15.2. The Kier molecular flexibility index (Phi) is 4.95. The number of oxime groups is 1. The summed E-state index contributed by atoms with van der Waals surface area (Å²) < 4.78 is 0. The third kappa shape index (κ3) is 4.07. The average Bonchev–Trinajstić information content (AvgIpc) is 2.49. The van der Waals surface area contributed by atoms with Crippen LogP contribution in [0.5, 0.6) is 0 Å². The van der Waals surface area contributed by atoms with Gasteiger partial charge in [0.15, 0.2) is 0 Å². The van der Waals surface area contributed by atoms with Gasteiger partial charge in [-0.25, -0.2) is 0 Å². The standard InChI is InChI=1S/C16H15ClN2O2/c1-11(19-21)12-6-8-14(9-7-12)18-16(20)10-13-4-2-3-5-15(13)17/h2-9,21H,10H2,1H3,(H,18,20)/b19-11+. The Balaban J connectivity index is 2.02. The summed E-state index contributed by atoms with van der Waals surface area (Å²) in [6.45, 7) is 1.70. The van der Waals surface area contributed by atoms with Crippen molar-refractivity contribution in [1.29, 1.82) is 0 Å². The van der Waals surface area contributed by atoms with E-state index in [9.17, 15) is 4.79 Å². The van der Waals surface area contributed by atoms with Crippen LogP contribution in [0.4, 0.5) is 5.69 Å². The Hall–Kier alpha value is -2.33. The number of carbonyl (C=O) groups excluding carboxylic acids is 1. The van der Waals surface area contributed by atoms with Crippen molar-refractivity contribution in [1.82, 2.24) is 0 Å². The van der Waals surface area contributed by atoms with Crippen molar-refractivity contribution in [2.45, 2.75) is 13.3 Å². The second-order valence-electron chi connectivity index (χ2n) is 4.58. The van der Waals surface area contributed by atoms with E-state index in [1.807, 2.05) is 18.2 Å². The maximum Gasteiger partial charge on any atom is 0.228 e. The second-order valence-corrected chi connectivity index (χ2v) is 4.99. The third-order valence-corrected chi connectivity index (χ3v) is 3.41. The minimum absolute atomic E-state index is 0.136. The SMILES string of the molecule is C/C(=N\O)c1ccc(NC(=O)Cc2ccccc2Cl)cc1. The normalized spacial score (nSPS) is 11.2. The molecule has 2 aromatic rings. The molecule has 108 valence electrons. The maximum absolute atomic E-state index is 12.0. The number of carbonyl (C=O) groups is 1. The molecule has 0 aliphatic heterocycles. The van der Waals surface area contributed by atoms with Crippen LogP contribution >= 0.6 is 11.6 Å². The van der Waals surface area contributed by atoms with Crippen LogP contribution in [0.1, 0.15) is 18.1 Å². The van der Waals surface area contributed by atoms with E-state index < -0.39 is 0 Å². The molecule has 0 atom stereocenters. The zero-order valence-corrected chi connectivity index (χ0v) is 12.3. The Labute approximate surface area is 128 Å². The highest BCUT2D eigenvalue weighted by atomic mass is 35.5. The van der Waals surface area contributed by atoms with Crippen molar-refractivity contribution in [3.63, 3.8) is 0 Å². The van der Waals surface area contributed by atoms with Gasteiger partial charge in [-0.05, 0) is 36.2 Å². The minimum atomic E-state index is -0.136. The molecule has 1 amide bonds. The van der Waals surface area contributed by atoms with Crippen molar-refractivity contribution in [3.05, 3.63) is 64.7 Å². The first-order valence-electron chi connectivity index (χ1n) is 6.42. The van der Waals surface area contributed by atoms with E-state index in [0.29, 0.717) is 16.4 Å². The summed E-state index contributed by atoms with van der Waals surface area (Å²) in [6, 6.07) is 14.3. The van der Waals surface area contributed by atoms with E-state index in [0.717, 1.165) is 11.1 Å². The lowest BCUT2D eigenvalue weighted by Crippen LogP contribution is -2.14. The second kappa shape index (κ2) is 6.90. The van der Waals surface area contributed by atoms with Crippen LogP contribution in [0.25, 0.3) is 0 Å². The summed E-state index contributed by atoms with van der Waals surface area (Å²) in [6.07, 6.45) is 0.221. The summed E-state index contributed by atoms with van der Waals surface area (Å²) in [5, 5.41) is 15.2. The average molecular weight is 303 g/mol. The van der Waals surface area contributed by atoms with E-state index in [-0.39, 0.29) is 12.3 Å². The smallest absolute Gasteiger partial charge is 0.228 e. The van der Waals surface area contributed by atoms with E-state index >= 15 is 0 Å². The molecule has 0 aromatic heterocycles. The molecular weight excluding hydrogens is 288 g/mol. The topological polar surface area (TPSA) is 61.7 Å². The van der Waals surface area contributed by atoms with Gasteiger partial charge in [0.2, 0.25) is 5.91 Å². The lowest BCUT2D eigenvalue weighted by atomic mass is 10.1. The van der Waals surface area contributed by atoms with Gasteiger partial charge in [-0.2, -0.15) is 0 Å². The molecule has 0 radical (unpaired) electrons. The number of hydrogen-bond donors (Lipinski definition) is 2. The van der Waals surface area contributed by atoms with Gasteiger partial charge in [-0.15, -0.1) is 0 Å². The Morgan fingerprint density at radius 3 is 2.48 bits per heavy atom. The number of nitrogens with zero attached hydrogens (tertiary/aromatic N) is 1. The fourth-order valence-corrected chi connectivity index (χ4v) is 2.07. The molecule has 0 saturated heterocycles. The van der Waals surface area contributed by atoms with Gasteiger partial charge in [0.1, 0.15) is 0 Å². The molecule has 5 heteroatoms. The summed E-state index contributed by atoms with van der Waals surface area (Å²) in [5.74, 6) is -0.136. The molecule has 21 heavy (non-hydrogen) atoms. The van der Waals surface area contributed by atoms with Gasteiger partial charge < -0.3 is 10.5 Å². The highest BCUT2D eigenvalue weighted by Crippen LogP contribution is 2.16. The van der Waals surface area contributed by atoms with E-state index in [1.54, 1.807) is 37.3 Å². The number of hydrogen-bond acceptors (Lipinski definition) is 3. The van der Waals surface area contributed by atoms with Crippen molar-refractivity contribution in [2.75, 3.05) is 5.32 Å². The number of rotatable bonds is 4. The molecule has 0 aliphatic rings. The lowest BCUT2D eigenvalue weighted by molar-refractivity contribution is -0.115. The summed E-state index contributed by atoms with van der Waals surface area (Å²) in [4.78, 5) is 12.0. The quantitative estimate of drug-likeness (QED) is 0.513. The predicted octanol–water partition coefficient (Wildman–Crippen LogP) is 3.72. The number of nitrogens with one attached hydrogen (secondary N) is 1. The Morgan fingerprint density at radius 2 is 1.86 bits per heavy atom. The zero-order valence-electron chi connectivity index (χ0n) is 11.5. The van der Waals surface area contributed by atoms with E-state index in [4.69, 9.17) is 16.8 Å². The van der Waals surface area contributed by atoms with Crippen molar-refractivity contribution in [2.24, 2.45) is 5.16 Å². The Bertz CT molecular complexity index is 666. The monoisotopic (exact) mass is 302 g/mol. The van der Waals surface area contributed by atoms with Gasteiger partial charge in [0, 0.05) is 10.7 Å². The maximum atomic E-state index is 12.0. The largest absolute Gasteiger partial charge is 0.411 e. The first-order valence-corrected chi connectivity index (χ1v) is 6.80. The van der Waals surface area contributed by atoms with Gasteiger partial charge in [0.05, 0.1) is 12.1 Å². The van der Waals surface area contributed by atoms with Crippen LogP contribution in [0.3, 0.4) is 0 Å². The first kappa shape index (κ1) is 15.1. The molecular formula is C16H15ClN2O2. The molecule has 0 aliphatic carbocycles. The fourth-order valence-electron chi connectivity index (χ4n) is 1.87. The molecule has 0 fully saturated rings. The van der Waals surface area contributed by atoms with Crippen LogP contribution in [-0.4, -0.2) is 16.8 Å². The minimum Gasteiger partial charge on any atom is -0.411 e. The fraction of sp³-hybridized carbons (Fsp3) is 0.125. The molecule has 2 aromatic carbocycles. The lowest BCUT2D eigenvalue weighted by Gasteiger charge is -2.07. The van der Waals surface area contributed by atoms with E-state index in [2.05, 4.69) is 10.5 Å². The molecule has 0 unspecified atom stereocenters. The Morgan fingerprint density at radius 1 is 1.19 bits per heavy atom. The third-order valence-electron chi connectivity index (χ3n) is 3.05. The van der Waals surface area contributed by atoms with Crippen LogP contribution in [0.2, 0.25) is 5.02 Å². The van der Waals surface area contributed by atoms with Gasteiger partial charge >= 0.3 is 0 Å². The van der Waals surface area contributed by atoms with Crippen molar-refractivity contribution >= 4 is 28.9 Å². The summed E-state index contributed by atoms with van der Waals surface area (Å²) in [7, 11) is 0. The molecule has 4 nitrogen and oxygen atoms in total.